The second-order valence-corrected chi connectivity index (χ2v) is 7.14. The molecule has 144 valence electrons. The van der Waals surface area contributed by atoms with Gasteiger partial charge in [0, 0.05) is 11.4 Å². The van der Waals surface area contributed by atoms with Crippen molar-refractivity contribution in [3.63, 3.8) is 0 Å². The number of phenols is 1. The number of carbonyl (C=O) groups is 1. The number of piperazine rings is 1. The molecular formula is C22H30N3O2+. The van der Waals surface area contributed by atoms with E-state index in [-0.39, 0.29) is 5.91 Å². The van der Waals surface area contributed by atoms with E-state index in [1.54, 1.807) is 12.1 Å². The number of quaternary nitrogens is 1. The first-order valence-corrected chi connectivity index (χ1v) is 9.88. The number of benzene rings is 2. The molecule has 0 radical (unpaired) electrons. The molecule has 1 aliphatic rings. The van der Waals surface area contributed by atoms with Crippen LogP contribution in [0.2, 0.25) is 0 Å². The van der Waals surface area contributed by atoms with Gasteiger partial charge in [-0.3, -0.25) is 4.79 Å². The van der Waals surface area contributed by atoms with E-state index < -0.39 is 0 Å². The Morgan fingerprint density at radius 1 is 1.04 bits per heavy atom. The number of para-hydroxylation sites is 1. The number of hydrogen-bond donors (Lipinski definition) is 3. The molecule has 0 atom stereocenters. The van der Waals surface area contributed by atoms with Crippen LogP contribution in [-0.4, -0.2) is 43.7 Å². The average molecular weight is 369 g/mol. The third-order valence-electron chi connectivity index (χ3n) is 5.36. The van der Waals surface area contributed by atoms with Gasteiger partial charge in [-0.05, 0) is 48.2 Å². The first-order valence-electron chi connectivity index (χ1n) is 9.88. The van der Waals surface area contributed by atoms with Crippen LogP contribution >= 0.6 is 0 Å². The SMILES string of the molecule is CCc1cccc(CC)c1NC(=O)C[NH+]1CCN(c2ccc(O)cc2)CC1. The minimum atomic E-state index is 0.0960. The minimum absolute atomic E-state index is 0.0960. The van der Waals surface area contributed by atoms with E-state index in [1.807, 2.05) is 12.1 Å². The van der Waals surface area contributed by atoms with Gasteiger partial charge in [-0.2, -0.15) is 0 Å². The Bertz CT molecular complexity index is 743. The number of nitrogens with one attached hydrogen (secondary N) is 2. The lowest BCUT2D eigenvalue weighted by Crippen LogP contribution is -3.15. The quantitative estimate of drug-likeness (QED) is 0.730. The molecule has 2 aromatic carbocycles. The average Bonchev–Trinajstić information content (AvgIpc) is 2.69. The lowest BCUT2D eigenvalue weighted by atomic mass is 10.0. The Morgan fingerprint density at radius 3 is 2.19 bits per heavy atom. The topological polar surface area (TPSA) is 57.0 Å². The molecule has 0 unspecified atom stereocenters. The van der Waals surface area contributed by atoms with Crippen LogP contribution in [-0.2, 0) is 17.6 Å². The maximum atomic E-state index is 12.6. The zero-order valence-corrected chi connectivity index (χ0v) is 16.3. The van der Waals surface area contributed by atoms with Crippen LogP contribution in [0.4, 0.5) is 11.4 Å². The van der Waals surface area contributed by atoms with Crippen LogP contribution in [0.1, 0.15) is 25.0 Å². The molecule has 1 amide bonds. The monoisotopic (exact) mass is 368 g/mol. The van der Waals surface area contributed by atoms with E-state index in [1.165, 1.54) is 16.0 Å². The van der Waals surface area contributed by atoms with Crippen molar-refractivity contribution >= 4 is 17.3 Å². The van der Waals surface area contributed by atoms with Crippen LogP contribution in [0.25, 0.3) is 0 Å². The van der Waals surface area contributed by atoms with Gasteiger partial charge >= 0.3 is 0 Å². The maximum absolute atomic E-state index is 12.6. The van der Waals surface area contributed by atoms with Gasteiger partial charge in [0.2, 0.25) is 0 Å². The highest BCUT2D eigenvalue weighted by atomic mass is 16.3. The van der Waals surface area contributed by atoms with Crippen LogP contribution in [0.15, 0.2) is 42.5 Å². The third-order valence-corrected chi connectivity index (χ3v) is 5.36. The Hall–Kier alpha value is -2.53. The maximum Gasteiger partial charge on any atom is 0.279 e. The Labute approximate surface area is 161 Å². The van der Waals surface area contributed by atoms with Crippen molar-refractivity contribution in [1.82, 2.24) is 0 Å². The fraction of sp³-hybridized carbons (Fsp3) is 0.409. The van der Waals surface area contributed by atoms with Gasteiger partial charge in [-0.25, -0.2) is 0 Å². The Balaban J connectivity index is 1.55. The van der Waals surface area contributed by atoms with Crippen molar-refractivity contribution in [2.45, 2.75) is 26.7 Å². The largest absolute Gasteiger partial charge is 0.508 e. The molecule has 27 heavy (non-hydrogen) atoms. The number of carbonyl (C=O) groups excluding carboxylic acids is 1. The molecule has 0 aliphatic carbocycles. The van der Waals surface area contributed by atoms with Crippen LogP contribution in [0.5, 0.6) is 5.75 Å². The van der Waals surface area contributed by atoms with Gasteiger partial charge in [0.1, 0.15) is 5.75 Å². The van der Waals surface area contributed by atoms with Gasteiger partial charge in [0.05, 0.1) is 26.2 Å². The first kappa shape index (κ1) is 19.2. The smallest absolute Gasteiger partial charge is 0.279 e. The van der Waals surface area contributed by atoms with Gasteiger partial charge in [-0.15, -0.1) is 0 Å². The second-order valence-electron chi connectivity index (χ2n) is 7.14. The number of nitrogens with zero attached hydrogens (tertiary/aromatic N) is 1. The Morgan fingerprint density at radius 2 is 1.63 bits per heavy atom. The summed E-state index contributed by atoms with van der Waals surface area (Å²) in [6.07, 6.45) is 1.84. The van der Waals surface area contributed by atoms with E-state index in [9.17, 15) is 9.90 Å². The van der Waals surface area contributed by atoms with Crippen molar-refractivity contribution in [1.29, 1.82) is 0 Å². The number of hydrogen-bond acceptors (Lipinski definition) is 3. The molecule has 2 aromatic rings. The standard InChI is InChI=1S/C22H29N3O2/c1-3-17-6-5-7-18(4-2)22(17)23-21(27)16-24-12-14-25(15-13-24)19-8-10-20(26)11-9-19/h5-11,26H,3-4,12-16H2,1-2H3,(H,23,27)/p+1. The lowest BCUT2D eigenvalue weighted by molar-refractivity contribution is -0.892. The molecule has 1 fully saturated rings. The van der Waals surface area contributed by atoms with Crippen LogP contribution < -0.4 is 15.1 Å². The third kappa shape index (κ3) is 4.80. The van der Waals surface area contributed by atoms with Gasteiger partial charge < -0.3 is 20.2 Å². The predicted molar refractivity (Wildman–Crippen MR) is 110 cm³/mol. The normalized spacial score (nSPS) is 15.0. The molecule has 0 saturated carbocycles. The molecular weight excluding hydrogens is 338 g/mol. The Kier molecular flexibility index (Phi) is 6.35. The van der Waals surface area contributed by atoms with Crippen molar-refractivity contribution < 1.29 is 14.8 Å². The summed E-state index contributed by atoms with van der Waals surface area (Å²) in [6.45, 7) is 8.45. The molecule has 3 rings (SSSR count). The predicted octanol–water partition coefficient (Wildman–Crippen LogP) is 1.86. The molecule has 0 spiro atoms. The highest BCUT2D eigenvalue weighted by Crippen LogP contribution is 2.22. The summed E-state index contributed by atoms with van der Waals surface area (Å²) in [5.41, 5.74) is 4.54. The summed E-state index contributed by atoms with van der Waals surface area (Å²) < 4.78 is 0. The van der Waals surface area contributed by atoms with Gasteiger partial charge in [-0.1, -0.05) is 32.0 Å². The fourth-order valence-corrected chi connectivity index (χ4v) is 3.74. The molecule has 0 bridgehead atoms. The summed E-state index contributed by atoms with van der Waals surface area (Å²) in [5.74, 6) is 0.386. The van der Waals surface area contributed by atoms with Crippen molar-refractivity contribution in [2.24, 2.45) is 0 Å². The zero-order valence-electron chi connectivity index (χ0n) is 16.3. The number of anilines is 2. The number of phenolic OH excluding ortho intramolecular Hbond substituents is 1. The van der Waals surface area contributed by atoms with E-state index in [4.69, 9.17) is 0 Å². The highest BCUT2D eigenvalue weighted by molar-refractivity contribution is 5.93. The van der Waals surface area contributed by atoms with Crippen molar-refractivity contribution in [3.8, 4) is 5.75 Å². The molecule has 1 heterocycles. The van der Waals surface area contributed by atoms with Gasteiger partial charge in [0.25, 0.3) is 5.91 Å². The van der Waals surface area contributed by atoms with E-state index in [0.29, 0.717) is 12.3 Å². The molecule has 1 aliphatic heterocycles. The summed E-state index contributed by atoms with van der Waals surface area (Å²) in [4.78, 5) is 16.3. The summed E-state index contributed by atoms with van der Waals surface area (Å²) in [5, 5.41) is 12.6. The molecule has 1 saturated heterocycles. The minimum Gasteiger partial charge on any atom is -0.508 e. The van der Waals surface area contributed by atoms with E-state index >= 15 is 0 Å². The zero-order chi connectivity index (χ0) is 19.2. The second kappa shape index (κ2) is 8.91. The van der Waals surface area contributed by atoms with E-state index in [0.717, 1.165) is 50.4 Å². The lowest BCUT2D eigenvalue weighted by Gasteiger charge is -2.33. The van der Waals surface area contributed by atoms with Gasteiger partial charge in [0.15, 0.2) is 6.54 Å². The molecule has 3 N–H and O–H groups in total. The van der Waals surface area contributed by atoms with Crippen molar-refractivity contribution in [2.75, 3.05) is 42.9 Å². The first-order chi connectivity index (χ1) is 13.1. The van der Waals surface area contributed by atoms with Crippen LogP contribution in [0, 0.1) is 0 Å². The summed E-state index contributed by atoms with van der Waals surface area (Å²) >= 11 is 0. The molecule has 5 heteroatoms. The van der Waals surface area contributed by atoms with Crippen molar-refractivity contribution in [3.05, 3.63) is 53.6 Å². The number of aryl methyl sites for hydroxylation is 2. The fourth-order valence-electron chi connectivity index (χ4n) is 3.74. The van der Waals surface area contributed by atoms with E-state index in [2.05, 4.69) is 42.3 Å². The summed E-state index contributed by atoms with van der Waals surface area (Å²) in [6, 6.07) is 13.6. The summed E-state index contributed by atoms with van der Waals surface area (Å²) in [7, 11) is 0. The number of aromatic hydroxyl groups is 1. The van der Waals surface area contributed by atoms with Crippen LogP contribution in [0.3, 0.4) is 0 Å². The highest BCUT2D eigenvalue weighted by Gasteiger charge is 2.23. The molecule has 5 nitrogen and oxygen atoms in total. The number of amides is 1. The molecule has 0 aromatic heterocycles. The number of rotatable bonds is 6.